The van der Waals surface area contributed by atoms with E-state index in [1.807, 2.05) is 57.2 Å². The van der Waals surface area contributed by atoms with Gasteiger partial charge in [0.05, 0.1) is 27.1 Å². The highest BCUT2D eigenvalue weighted by Crippen LogP contribution is 2.32. The second kappa shape index (κ2) is 8.26. The van der Waals surface area contributed by atoms with E-state index in [-0.39, 0.29) is 5.91 Å². The third-order valence-corrected chi connectivity index (χ3v) is 5.46. The summed E-state index contributed by atoms with van der Waals surface area (Å²) in [6.45, 7) is 5.65. The van der Waals surface area contributed by atoms with Gasteiger partial charge in [0.2, 0.25) is 0 Å². The molecule has 0 spiro atoms. The van der Waals surface area contributed by atoms with Crippen molar-refractivity contribution in [2.24, 2.45) is 0 Å². The lowest BCUT2D eigenvalue weighted by molar-refractivity contribution is -0.0588. The first-order chi connectivity index (χ1) is 14.4. The summed E-state index contributed by atoms with van der Waals surface area (Å²) in [6, 6.07) is 20.4. The minimum Gasteiger partial charge on any atom is -0.354 e. The van der Waals surface area contributed by atoms with Gasteiger partial charge in [0.1, 0.15) is 0 Å². The summed E-state index contributed by atoms with van der Waals surface area (Å²) in [5.74, 6) is -0.260. The van der Waals surface area contributed by atoms with Crippen molar-refractivity contribution in [1.29, 1.82) is 0 Å². The normalized spacial score (nSPS) is 11.4. The minimum atomic E-state index is -0.452. The van der Waals surface area contributed by atoms with E-state index in [9.17, 15) is 4.79 Å². The van der Waals surface area contributed by atoms with E-state index < -0.39 is 5.60 Å². The summed E-state index contributed by atoms with van der Waals surface area (Å²) in [5.41, 5.74) is 6.22. The summed E-state index contributed by atoms with van der Waals surface area (Å²) in [5, 5.41) is 4.36. The lowest BCUT2D eigenvalue weighted by atomic mass is 10.1. The van der Waals surface area contributed by atoms with E-state index >= 15 is 0 Å². The Bertz CT molecular complexity index is 1160. The first-order valence-electron chi connectivity index (χ1n) is 9.67. The Morgan fingerprint density at radius 1 is 0.967 bits per heavy atom. The van der Waals surface area contributed by atoms with Crippen LogP contribution in [0.5, 0.6) is 0 Å². The number of anilines is 2. The molecule has 6 heteroatoms. The summed E-state index contributed by atoms with van der Waals surface area (Å²) in [4.78, 5) is 22.7. The largest absolute Gasteiger partial charge is 0.354 e. The van der Waals surface area contributed by atoms with E-state index in [4.69, 9.17) is 4.84 Å². The molecule has 2 aromatic carbocycles. The zero-order valence-electron chi connectivity index (χ0n) is 17.1. The van der Waals surface area contributed by atoms with E-state index in [1.165, 1.54) is 16.9 Å². The molecule has 0 aliphatic heterocycles. The van der Waals surface area contributed by atoms with Gasteiger partial charge < -0.3 is 5.32 Å². The van der Waals surface area contributed by atoms with Crippen molar-refractivity contribution in [3.8, 4) is 11.1 Å². The molecule has 0 radical (unpaired) electrons. The second-order valence-electron chi connectivity index (χ2n) is 7.92. The number of nitrogens with one attached hydrogen (secondary N) is 2. The average molecular weight is 418 g/mol. The van der Waals surface area contributed by atoms with E-state index in [1.54, 1.807) is 12.4 Å². The van der Waals surface area contributed by atoms with Crippen LogP contribution in [0.2, 0.25) is 0 Å². The van der Waals surface area contributed by atoms with Gasteiger partial charge in [0, 0.05) is 17.3 Å². The van der Waals surface area contributed by atoms with Gasteiger partial charge in [-0.1, -0.05) is 42.5 Å². The highest BCUT2D eigenvalue weighted by Gasteiger charge is 2.17. The summed E-state index contributed by atoms with van der Waals surface area (Å²) in [7, 11) is 0. The number of hydroxylamine groups is 1. The average Bonchev–Trinajstić information content (AvgIpc) is 3.18. The third-order valence-electron chi connectivity index (χ3n) is 4.39. The first-order valence-corrected chi connectivity index (χ1v) is 10.5. The van der Waals surface area contributed by atoms with Gasteiger partial charge in [-0.3, -0.25) is 14.6 Å². The smallest absolute Gasteiger partial charge is 0.284 e. The summed E-state index contributed by atoms with van der Waals surface area (Å²) in [6.07, 6.45) is 3.54. The van der Waals surface area contributed by atoms with Crippen LogP contribution in [0.1, 0.15) is 30.4 Å². The minimum absolute atomic E-state index is 0.260. The number of aromatic nitrogens is 1. The molecule has 2 aromatic heterocycles. The van der Waals surface area contributed by atoms with Crippen LogP contribution in [0.3, 0.4) is 0 Å². The SMILES string of the molecule is CC(C)(C)ONC(=O)c1cc2c(Nc3ccc(-c4ccccc4)cc3)cncc2s1. The number of hydrogen-bond donors (Lipinski definition) is 2. The second-order valence-corrected chi connectivity index (χ2v) is 9.01. The standard InChI is InChI=1S/C24H23N3O2S/c1-24(2,3)29-27-23(28)21-13-19-20(14-25-15-22(19)30-21)26-18-11-9-17(10-12-18)16-7-5-4-6-8-16/h4-15,26H,1-3H3,(H,27,28). The Morgan fingerprint density at radius 3 is 2.37 bits per heavy atom. The molecule has 0 unspecified atom stereocenters. The number of carbonyl (C=O) groups excluding carboxylic acids is 1. The van der Waals surface area contributed by atoms with Crippen molar-refractivity contribution < 1.29 is 9.63 Å². The number of nitrogens with zero attached hydrogens (tertiary/aromatic N) is 1. The van der Waals surface area contributed by atoms with Crippen LogP contribution < -0.4 is 10.8 Å². The van der Waals surface area contributed by atoms with Gasteiger partial charge in [-0.05, 0) is 50.1 Å². The monoisotopic (exact) mass is 417 g/mol. The lowest BCUT2D eigenvalue weighted by Crippen LogP contribution is -2.33. The van der Waals surface area contributed by atoms with Crippen molar-refractivity contribution in [1.82, 2.24) is 10.5 Å². The number of rotatable bonds is 5. The molecule has 0 atom stereocenters. The number of carbonyl (C=O) groups is 1. The molecule has 0 aliphatic carbocycles. The number of pyridine rings is 1. The maximum atomic E-state index is 12.4. The van der Waals surface area contributed by atoms with Crippen molar-refractivity contribution >= 4 is 38.7 Å². The number of thiophene rings is 1. The zero-order valence-corrected chi connectivity index (χ0v) is 17.9. The van der Waals surface area contributed by atoms with Gasteiger partial charge >= 0.3 is 0 Å². The fourth-order valence-corrected chi connectivity index (χ4v) is 3.89. The van der Waals surface area contributed by atoms with Crippen LogP contribution in [0, 0.1) is 0 Å². The highest BCUT2D eigenvalue weighted by molar-refractivity contribution is 7.20. The van der Waals surface area contributed by atoms with Crippen molar-refractivity contribution in [2.45, 2.75) is 26.4 Å². The number of amides is 1. The van der Waals surface area contributed by atoms with Crippen LogP contribution in [0.15, 0.2) is 73.1 Å². The fourth-order valence-electron chi connectivity index (χ4n) is 2.95. The fraction of sp³-hybridized carbons (Fsp3) is 0.167. The molecule has 30 heavy (non-hydrogen) atoms. The predicted molar refractivity (Wildman–Crippen MR) is 123 cm³/mol. The summed E-state index contributed by atoms with van der Waals surface area (Å²) < 4.78 is 0.932. The van der Waals surface area contributed by atoms with Gasteiger partial charge in [-0.15, -0.1) is 11.3 Å². The first kappa shape index (κ1) is 20.1. The Balaban J connectivity index is 1.54. The number of fused-ring (bicyclic) bond motifs is 1. The van der Waals surface area contributed by atoms with Crippen LogP contribution in [0.4, 0.5) is 11.4 Å². The quantitative estimate of drug-likeness (QED) is 0.381. The van der Waals surface area contributed by atoms with Crippen LogP contribution >= 0.6 is 11.3 Å². The van der Waals surface area contributed by atoms with Crippen molar-refractivity contribution in [3.05, 3.63) is 77.9 Å². The van der Waals surface area contributed by atoms with Crippen LogP contribution in [0.25, 0.3) is 21.2 Å². The van der Waals surface area contributed by atoms with Crippen molar-refractivity contribution in [3.63, 3.8) is 0 Å². The van der Waals surface area contributed by atoms with Gasteiger partial charge in [0.15, 0.2) is 0 Å². The third kappa shape index (κ3) is 4.67. The molecule has 5 nitrogen and oxygen atoms in total. The maximum absolute atomic E-state index is 12.4. The van der Waals surface area contributed by atoms with Crippen molar-refractivity contribution in [2.75, 3.05) is 5.32 Å². The van der Waals surface area contributed by atoms with Crippen LogP contribution in [-0.2, 0) is 4.84 Å². The molecule has 152 valence electrons. The number of benzene rings is 2. The van der Waals surface area contributed by atoms with Crippen LogP contribution in [-0.4, -0.2) is 16.5 Å². The van der Waals surface area contributed by atoms with E-state index in [0.29, 0.717) is 4.88 Å². The molecule has 0 aliphatic rings. The van der Waals surface area contributed by atoms with Gasteiger partial charge in [0.25, 0.3) is 5.91 Å². The summed E-state index contributed by atoms with van der Waals surface area (Å²) >= 11 is 1.39. The maximum Gasteiger partial charge on any atom is 0.284 e. The molecule has 0 fully saturated rings. The Kier molecular flexibility index (Phi) is 5.53. The molecule has 1 amide bonds. The molecule has 4 rings (SSSR count). The van der Waals surface area contributed by atoms with E-state index in [0.717, 1.165) is 27.0 Å². The predicted octanol–water partition coefficient (Wildman–Crippen LogP) is 6.17. The molecule has 2 heterocycles. The van der Waals surface area contributed by atoms with E-state index in [2.05, 4.69) is 40.0 Å². The Hall–Kier alpha value is -3.22. The topological polar surface area (TPSA) is 63.2 Å². The number of hydrogen-bond acceptors (Lipinski definition) is 5. The molecular weight excluding hydrogens is 394 g/mol. The Labute approximate surface area is 179 Å². The molecule has 4 aromatic rings. The molecule has 0 saturated carbocycles. The highest BCUT2D eigenvalue weighted by atomic mass is 32.1. The molecular formula is C24H23N3O2S. The molecule has 0 saturated heterocycles. The van der Waals surface area contributed by atoms with Gasteiger partial charge in [-0.25, -0.2) is 5.48 Å². The molecule has 2 N–H and O–H groups in total. The lowest BCUT2D eigenvalue weighted by Gasteiger charge is -2.18. The van der Waals surface area contributed by atoms with Gasteiger partial charge in [-0.2, -0.15) is 0 Å². The zero-order chi connectivity index (χ0) is 21.1. The molecule has 0 bridgehead atoms. The Morgan fingerprint density at radius 2 is 1.67 bits per heavy atom.